The summed E-state index contributed by atoms with van der Waals surface area (Å²) in [5.41, 5.74) is 0.799. The third-order valence-corrected chi connectivity index (χ3v) is 7.09. The lowest BCUT2D eigenvalue weighted by Gasteiger charge is -2.20. The number of hydrogen-bond acceptors (Lipinski definition) is 8. The number of ether oxygens (including phenoxy) is 1. The maximum Gasteiger partial charge on any atom is 0.241 e. The Morgan fingerprint density at radius 1 is 1.08 bits per heavy atom. The number of nitrogens with zero attached hydrogens (tertiary/aromatic N) is 3. The average molecular weight is 530 g/mol. The highest BCUT2D eigenvalue weighted by molar-refractivity contribution is 7.89. The summed E-state index contributed by atoms with van der Waals surface area (Å²) in [4.78, 5) is 10.2. The van der Waals surface area contributed by atoms with Gasteiger partial charge < -0.3 is 15.4 Å². The highest BCUT2D eigenvalue weighted by Gasteiger charge is 2.22. The van der Waals surface area contributed by atoms with E-state index in [-0.39, 0.29) is 22.8 Å². The van der Waals surface area contributed by atoms with E-state index in [2.05, 4.69) is 25.3 Å². The lowest BCUT2D eigenvalue weighted by molar-refractivity contribution is 0.238. The molecule has 1 fully saturated rings. The van der Waals surface area contributed by atoms with Gasteiger partial charge in [-0.3, -0.25) is 4.90 Å². The summed E-state index contributed by atoms with van der Waals surface area (Å²) in [7, 11) is -3.76. The quantitative estimate of drug-likeness (QED) is 0.343. The highest BCUT2D eigenvalue weighted by Crippen LogP contribution is 2.24. The van der Waals surface area contributed by atoms with E-state index in [1.54, 1.807) is 52.0 Å². The van der Waals surface area contributed by atoms with E-state index in [4.69, 9.17) is 11.6 Å². The Labute approximate surface area is 226 Å². The Morgan fingerprint density at radius 2 is 1.81 bits per heavy atom. The first kappa shape index (κ1) is 20.8. The number of anilines is 4. The maximum atomic E-state index is 12.8. The average Bonchev–Trinajstić information content (AvgIpc) is 3.43. The second kappa shape index (κ2) is 11.5. The van der Waals surface area contributed by atoms with Crippen molar-refractivity contribution in [2.75, 3.05) is 36.8 Å². The second-order valence-corrected chi connectivity index (χ2v) is 11.5. The lowest BCUT2D eigenvalue weighted by atomic mass is 10.1. The van der Waals surface area contributed by atoms with Crippen molar-refractivity contribution in [2.24, 2.45) is 0 Å². The molecule has 0 aliphatic carbocycles. The monoisotopic (exact) mass is 529 g/mol. The minimum Gasteiger partial charge on any atom is -0.492 e. The molecule has 0 atom stereocenters. The zero-order chi connectivity index (χ0) is 30.9. The molecule has 0 bridgehead atoms. The lowest BCUT2D eigenvalue weighted by Crippen LogP contribution is -2.40. The van der Waals surface area contributed by atoms with Gasteiger partial charge in [0.1, 0.15) is 18.1 Å². The Morgan fingerprint density at radius 3 is 2.51 bits per heavy atom. The first-order chi connectivity index (χ1) is 19.5. The van der Waals surface area contributed by atoms with E-state index in [9.17, 15) is 8.42 Å². The van der Waals surface area contributed by atoms with Crippen molar-refractivity contribution in [3.8, 4) is 5.75 Å². The van der Waals surface area contributed by atoms with Crippen molar-refractivity contribution >= 4 is 33.2 Å². The molecule has 0 saturated carbocycles. The fraction of sp³-hybridized carbons (Fsp3) is 0.407. The summed E-state index contributed by atoms with van der Waals surface area (Å²) in [5.74, 6) is 0.575. The van der Waals surface area contributed by atoms with Crippen LogP contribution in [0.4, 0.5) is 23.1 Å². The van der Waals surface area contributed by atoms with Gasteiger partial charge in [0.25, 0.3) is 0 Å². The first-order valence-corrected chi connectivity index (χ1v) is 13.5. The molecule has 37 heavy (non-hydrogen) atoms. The first-order valence-electron chi connectivity index (χ1n) is 14.5. The third-order valence-electron chi connectivity index (χ3n) is 5.34. The van der Waals surface area contributed by atoms with Gasteiger partial charge in [-0.15, -0.1) is 0 Å². The van der Waals surface area contributed by atoms with Crippen molar-refractivity contribution in [1.82, 2.24) is 19.6 Å². The van der Waals surface area contributed by atoms with Crippen LogP contribution in [0, 0.1) is 6.92 Å². The Hall–Kier alpha value is -3.21. The van der Waals surface area contributed by atoms with Crippen LogP contribution in [0.15, 0.2) is 59.6 Å². The summed E-state index contributed by atoms with van der Waals surface area (Å²) in [5, 5.41) is 6.09. The smallest absolute Gasteiger partial charge is 0.241 e. The van der Waals surface area contributed by atoms with Gasteiger partial charge in [-0.2, -0.15) is 4.98 Å². The van der Waals surface area contributed by atoms with Crippen molar-refractivity contribution < 1.29 is 20.0 Å². The molecule has 0 spiro atoms. The third kappa shape index (κ3) is 7.88. The van der Waals surface area contributed by atoms with Gasteiger partial charge in [-0.25, -0.2) is 18.1 Å². The number of likely N-dealkylation sites (tertiary alicyclic amines) is 1. The molecule has 3 aromatic rings. The van der Waals surface area contributed by atoms with Crippen molar-refractivity contribution in [2.45, 2.75) is 51.0 Å². The topological polar surface area (TPSA) is 108 Å². The molecule has 1 aliphatic rings. The van der Waals surface area contributed by atoms with E-state index in [0.717, 1.165) is 12.8 Å². The molecular weight excluding hydrogens is 488 g/mol. The van der Waals surface area contributed by atoms with Gasteiger partial charge >= 0.3 is 0 Å². The summed E-state index contributed by atoms with van der Waals surface area (Å²) in [6, 6.07) is 12.5. The molecule has 2 aromatic carbocycles. The zero-order valence-electron chi connectivity index (χ0n) is 26.4. The Bertz CT molecular complexity index is 1530. The molecule has 2 heterocycles. The SMILES string of the molecule is [2H]c1nc(Nc2ccc(OC([2H])([2H])C([2H])([2H])N3CCCC3)cc2)nc(Nc2cccc(S(=O)(=O)NC(C)(C)C)c2)c1C. The summed E-state index contributed by atoms with van der Waals surface area (Å²) < 4.78 is 75.0. The number of benzene rings is 2. The van der Waals surface area contributed by atoms with Gasteiger partial charge in [0.15, 0.2) is 0 Å². The van der Waals surface area contributed by atoms with E-state index in [1.165, 1.54) is 29.2 Å². The molecular formula is C27H36N6O3S. The van der Waals surface area contributed by atoms with Crippen LogP contribution in [0.2, 0.25) is 0 Å². The minimum absolute atomic E-state index is 0.0366. The highest BCUT2D eigenvalue weighted by atomic mass is 32.2. The molecule has 3 N–H and O–H groups in total. The fourth-order valence-corrected chi connectivity index (χ4v) is 5.10. The Balaban J connectivity index is 1.49. The van der Waals surface area contributed by atoms with Gasteiger partial charge in [0, 0.05) is 37.9 Å². The minimum atomic E-state index is -3.76. The van der Waals surface area contributed by atoms with Crippen LogP contribution in [0.1, 0.15) is 46.0 Å². The molecule has 1 aromatic heterocycles. The molecule has 1 aliphatic heterocycles. The van der Waals surface area contributed by atoms with Crippen LogP contribution >= 0.6 is 0 Å². The summed E-state index contributed by atoms with van der Waals surface area (Å²) in [6.07, 6.45) is 1.60. The summed E-state index contributed by atoms with van der Waals surface area (Å²) >= 11 is 0. The molecule has 0 amide bonds. The van der Waals surface area contributed by atoms with E-state index < -0.39 is 28.6 Å². The number of hydrogen-bond donors (Lipinski definition) is 3. The van der Waals surface area contributed by atoms with Crippen LogP contribution in [-0.4, -0.2) is 55.0 Å². The van der Waals surface area contributed by atoms with E-state index in [0.29, 0.717) is 35.8 Å². The second-order valence-electron chi connectivity index (χ2n) is 9.80. The number of nitrogens with one attached hydrogen (secondary N) is 3. The maximum absolute atomic E-state index is 12.8. The van der Waals surface area contributed by atoms with Crippen molar-refractivity contribution in [3.05, 3.63) is 60.3 Å². The number of sulfonamides is 1. The molecule has 9 nitrogen and oxygen atoms in total. The molecule has 0 radical (unpaired) electrons. The zero-order valence-corrected chi connectivity index (χ0v) is 22.2. The van der Waals surface area contributed by atoms with Gasteiger partial charge in [0.05, 0.1) is 9.01 Å². The van der Waals surface area contributed by atoms with Crippen LogP contribution in [0.25, 0.3) is 0 Å². The Kier molecular flexibility index (Phi) is 6.44. The normalized spacial score (nSPS) is 17.2. The van der Waals surface area contributed by atoms with Gasteiger partial charge in [-0.1, -0.05) is 6.07 Å². The standard InChI is InChI=1S/C27H36N6O3S/c1-20-19-28-26(30-21-10-12-23(13-11-21)36-17-16-33-14-5-6-15-33)31-25(20)29-22-8-7-9-24(18-22)37(34,35)32-27(2,3)4/h7-13,18-19,32H,5-6,14-17H2,1-4H3,(H2,28,29,30,31)/i16D2,17D2,19D. The molecule has 4 rings (SSSR count). The largest absolute Gasteiger partial charge is 0.492 e. The van der Waals surface area contributed by atoms with Crippen LogP contribution in [0.5, 0.6) is 5.75 Å². The predicted molar refractivity (Wildman–Crippen MR) is 147 cm³/mol. The predicted octanol–water partition coefficient (Wildman–Crippen LogP) is 4.82. The number of rotatable bonds is 10. The summed E-state index contributed by atoms with van der Waals surface area (Å²) in [6.45, 7) is 3.03. The van der Waals surface area contributed by atoms with Gasteiger partial charge in [-0.05, 0) is 96.1 Å². The van der Waals surface area contributed by atoms with Crippen LogP contribution in [-0.2, 0) is 10.0 Å². The van der Waals surface area contributed by atoms with Crippen molar-refractivity contribution in [3.63, 3.8) is 0 Å². The molecule has 1 saturated heterocycles. The molecule has 10 heteroatoms. The van der Waals surface area contributed by atoms with Crippen molar-refractivity contribution in [1.29, 1.82) is 0 Å². The van der Waals surface area contributed by atoms with Gasteiger partial charge in [0.2, 0.25) is 16.0 Å². The van der Waals surface area contributed by atoms with Crippen LogP contribution < -0.4 is 20.1 Å². The fourth-order valence-electron chi connectivity index (χ4n) is 3.63. The number of aromatic nitrogens is 2. The van der Waals surface area contributed by atoms with E-state index >= 15 is 0 Å². The molecule has 198 valence electrons. The molecule has 0 unspecified atom stereocenters. The van der Waals surface area contributed by atoms with E-state index in [1.807, 2.05) is 0 Å². The van der Waals surface area contributed by atoms with Crippen LogP contribution in [0.3, 0.4) is 0 Å².